The molecule has 0 saturated heterocycles. The number of carbonyl (C=O) groups excluding carboxylic acids is 1. The van der Waals surface area contributed by atoms with Gasteiger partial charge >= 0.3 is 0 Å². The lowest BCUT2D eigenvalue weighted by atomic mass is 10.1. The summed E-state index contributed by atoms with van der Waals surface area (Å²) >= 11 is 0. The molecule has 86 valence electrons. The van der Waals surface area contributed by atoms with Gasteiger partial charge in [-0.2, -0.15) is 0 Å². The van der Waals surface area contributed by atoms with E-state index in [9.17, 15) is 10.0 Å². The smallest absolute Gasteiger partial charge is 0.178 e. The van der Waals surface area contributed by atoms with E-state index in [1.165, 1.54) is 30.5 Å². The number of phenolic OH excluding ortho intramolecular Hbond substituents is 1. The summed E-state index contributed by atoms with van der Waals surface area (Å²) in [5, 5.41) is 19.8. The maximum atomic E-state index is 10.9. The molecule has 4 heteroatoms. The zero-order valence-electron chi connectivity index (χ0n) is 8.95. The third-order valence-corrected chi connectivity index (χ3v) is 2.27. The van der Waals surface area contributed by atoms with Gasteiger partial charge in [-0.25, -0.2) is 5.06 Å². The van der Waals surface area contributed by atoms with Crippen LogP contribution in [0.15, 0.2) is 60.3 Å². The number of phenols is 1. The number of benzene rings is 1. The molecule has 1 aliphatic rings. The number of ketones is 1. The monoisotopic (exact) mass is 229 g/mol. The lowest BCUT2D eigenvalue weighted by Gasteiger charge is -2.13. The van der Waals surface area contributed by atoms with Crippen LogP contribution in [-0.4, -0.2) is 16.1 Å². The molecule has 0 unspecified atom stereocenters. The fourth-order valence-electron chi connectivity index (χ4n) is 1.37. The van der Waals surface area contributed by atoms with E-state index >= 15 is 0 Å². The Labute approximate surface area is 98.4 Å². The first kappa shape index (κ1) is 11.2. The molecule has 1 aromatic rings. The average molecular weight is 229 g/mol. The van der Waals surface area contributed by atoms with Gasteiger partial charge in [0.25, 0.3) is 0 Å². The van der Waals surface area contributed by atoms with Gasteiger partial charge in [0.1, 0.15) is 5.75 Å². The fraction of sp³-hybridized carbons (Fsp3) is 0. The summed E-state index contributed by atoms with van der Waals surface area (Å²) in [5.41, 5.74) is 1.23. The van der Waals surface area contributed by atoms with Crippen molar-refractivity contribution in [2.24, 2.45) is 0 Å². The highest BCUT2D eigenvalue weighted by Crippen LogP contribution is 2.18. The van der Waals surface area contributed by atoms with Crippen LogP contribution in [0.4, 0.5) is 5.69 Å². The molecule has 17 heavy (non-hydrogen) atoms. The van der Waals surface area contributed by atoms with Crippen molar-refractivity contribution in [1.82, 2.24) is 0 Å². The zero-order valence-corrected chi connectivity index (χ0v) is 8.95. The van der Waals surface area contributed by atoms with Crippen molar-refractivity contribution in [2.45, 2.75) is 0 Å². The zero-order chi connectivity index (χ0) is 12.3. The van der Waals surface area contributed by atoms with Crippen LogP contribution in [0.1, 0.15) is 0 Å². The average Bonchev–Trinajstić information content (AvgIpc) is 2.33. The van der Waals surface area contributed by atoms with Crippen LogP contribution >= 0.6 is 0 Å². The molecule has 0 aromatic heterocycles. The Morgan fingerprint density at radius 1 is 1.00 bits per heavy atom. The molecule has 0 aliphatic heterocycles. The molecule has 0 spiro atoms. The van der Waals surface area contributed by atoms with Gasteiger partial charge in [-0.15, -0.1) is 0 Å². The molecule has 0 atom stereocenters. The number of nitrogens with zero attached hydrogens (tertiary/aromatic N) is 1. The molecule has 0 heterocycles. The normalized spacial score (nSPS) is 13.9. The summed E-state index contributed by atoms with van der Waals surface area (Å²) in [4.78, 5) is 10.9. The van der Waals surface area contributed by atoms with Crippen LogP contribution in [-0.2, 0) is 4.79 Å². The molecule has 1 aliphatic carbocycles. The van der Waals surface area contributed by atoms with E-state index in [4.69, 9.17) is 5.11 Å². The Kier molecular flexibility index (Phi) is 3.07. The molecule has 0 saturated carbocycles. The summed E-state index contributed by atoms with van der Waals surface area (Å²) in [6.45, 7) is 0. The molecule has 0 radical (unpaired) electrons. The lowest BCUT2D eigenvalue weighted by Crippen LogP contribution is -2.10. The molecule has 1 aromatic carbocycles. The van der Waals surface area contributed by atoms with Gasteiger partial charge in [-0.3, -0.25) is 10.0 Å². The van der Waals surface area contributed by atoms with Gasteiger partial charge in [0.2, 0.25) is 0 Å². The number of aromatic hydroxyl groups is 1. The Hall–Kier alpha value is -2.33. The number of hydroxylamine groups is 1. The topological polar surface area (TPSA) is 60.8 Å². The van der Waals surface area contributed by atoms with E-state index < -0.39 is 0 Å². The Morgan fingerprint density at radius 3 is 2.18 bits per heavy atom. The molecular formula is C13H11NO3. The highest BCUT2D eigenvalue weighted by molar-refractivity contribution is 6.01. The quantitative estimate of drug-likeness (QED) is 0.763. The van der Waals surface area contributed by atoms with E-state index in [-0.39, 0.29) is 11.5 Å². The number of anilines is 1. The molecule has 0 bridgehead atoms. The lowest BCUT2D eigenvalue weighted by molar-refractivity contribution is -0.110. The molecular weight excluding hydrogens is 218 g/mol. The van der Waals surface area contributed by atoms with Crippen molar-refractivity contribution in [1.29, 1.82) is 0 Å². The molecule has 2 N–H and O–H groups in total. The third kappa shape index (κ3) is 2.83. The minimum absolute atomic E-state index is 0.0729. The summed E-state index contributed by atoms with van der Waals surface area (Å²) in [7, 11) is 0. The minimum Gasteiger partial charge on any atom is -0.508 e. The van der Waals surface area contributed by atoms with Gasteiger partial charge in [0.15, 0.2) is 5.78 Å². The van der Waals surface area contributed by atoms with Crippen LogP contribution in [0, 0.1) is 0 Å². The van der Waals surface area contributed by atoms with Gasteiger partial charge in [0.05, 0.1) is 5.69 Å². The molecule has 2 rings (SSSR count). The van der Waals surface area contributed by atoms with Crippen molar-refractivity contribution in [3.8, 4) is 5.75 Å². The third-order valence-electron chi connectivity index (χ3n) is 2.27. The number of hydrogen-bond donors (Lipinski definition) is 2. The standard InChI is InChI=1S/C13H11NO3/c15-12-5-1-10(2-6-12)9-14(17)11-3-7-13(16)8-4-11/h1-9,16-17H. The van der Waals surface area contributed by atoms with Crippen molar-refractivity contribution in [2.75, 3.05) is 5.06 Å². The van der Waals surface area contributed by atoms with Crippen LogP contribution in [0.25, 0.3) is 0 Å². The summed E-state index contributed by atoms with van der Waals surface area (Å²) in [5.74, 6) is 0.0640. The van der Waals surface area contributed by atoms with Crippen molar-refractivity contribution >= 4 is 11.5 Å². The van der Waals surface area contributed by atoms with E-state index in [1.807, 2.05) is 0 Å². The SMILES string of the molecule is O=C1C=CC(=CN(O)c2ccc(O)cc2)C=C1. The second kappa shape index (κ2) is 4.67. The number of allylic oxidation sites excluding steroid dienone is 5. The molecule has 4 nitrogen and oxygen atoms in total. The maximum Gasteiger partial charge on any atom is 0.178 e. The number of hydrogen-bond acceptors (Lipinski definition) is 4. The van der Waals surface area contributed by atoms with E-state index in [0.717, 1.165) is 5.06 Å². The second-order valence-corrected chi connectivity index (χ2v) is 3.56. The van der Waals surface area contributed by atoms with Gasteiger partial charge < -0.3 is 5.11 Å². The van der Waals surface area contributed by atoms with Crippen molar-refractivity contribution < 1.29 is 15.1 Å². The van der Waals surface area contributed by atoms with Crippen LogP contribution in [0.5, 0.6) is 5.75 Å². The van der Waals surface area contributed by atoms with E-state index in [1.54, 1.807) is 24.3 Å². The predicted octanol–water partition coefficient (Wildman–Crippen LogP) is 2.17. The highest BCUT2D eigenvalue weighted by Gasteiger charge is 2.03. The van der Waals surface area contributed by atoms with Crippen LogP contribution in [0.3, 0.4) is 0 Å². The Morgan fingerprint density at radius 2 is 1.59 bits per heavy atom. The Balaban J connectivity index is 2.16. The van der Waals surface area contributed by atoms with Gasteiger partial charge in [-0.1, -0.05) is 0 Å². The number of carbonyl (C=O) groups is 1. The van der Waals surface area contributed by atoms with Crippen LogP contribution < -0.4 is 5.06 Å². The van der Waals surface area contributed by atoms with Gasteiger partial charge in [-0.05, 0) is 54.1 Å². The fourth-order valence-corrected chi connectivity index (χ4v) is 1.37. The van der Waals surface area contributed by atoms with Gasteiger partial charge in [0, 0.05) is 6.20 Å². The second-order valence-electron chi connectivity index (χ2n) is 3.56. The van der Waals surface area contributed by atoms with E-state index in [0.29, 0.717) is 11.3 Å². The first-order valence-electron chi connectivity index (χ1n) is 5.04. The summed E-state index contributed by atoms with van der Waals surface area (Å²) < 4.78 is 0. The van der Waals surface area contributed by atoms with Crippen LogP contribution in [0.2, 0.25) is 0 Å². The van der Waals surface area contributed by atoms with Crippen molar-refractivity contribution in [3.63, 3.8) is 0 Å². The van der Waals surface area contributed by atoms with E-state index in [2.05, 4.69) is 0 Å². The first-order valence-corrected chi connectivity index (χ1v) is 5.04. The highest BCUT2D eigenvalue weighted by atomic mass is 16.5. The molecule has 0 fully saturated rings. The predicted molar refractivity (Wildman–Crippen MR) is 63.7 cm³/mol. The van der Waals surface area contributed by atoms with Crippen molar-refractivity contribution in [3.05, 3.63) is 60.3 Å². The summed E-state index contributed by atoms with van der Waals surface area (Å²) in [6.07, 6.45) is 7.57. The minimum atomic E-state index is -0.0729. The largest absolute Gasteiger partial charge is 0.508 e. The maximum absolute atomic E-state index is 10.9. The number of rotatable bonds is 2. The first-order chi connectivity index (χ1) is 8.15. The summed E-state index contributed by atoms with van der Waals surface area (Å²) in [6, 6.07) is 6.11. The molecule has 0 amide bonds. The Bertz CT molecular complexity index is 494.